The molecule has 2 rings (SSSR count). The molecule has 0 bridgehead atoms. The first-order valence-corrected chi connectivity index (χ1v) is 5.89. The van der Waals surface area contributed by atoms with Crippen molar-refractivity contribution in [3.05, 3.63) is 57.0 Å². The molecule has 1 aromatic heterocycles. The Balaban J connectivity index is 2.26. The van der Waals surface area contributed by atoms with Crippen LogP contribution < -0.4 is 5.32 Å². The van der Waals surface area contributed by atoms with Crippen molar-refractivity contribution in [1.29, 1.82) is 0 Å². The lowest BCUT2D eigenvalue weighted by Gasteiger charge is -2.07. The van der Waals surface area contributed by atoms with Crippen molar-refractivity contribution in [2.24, 2.45) is 0 Å². The SMILES string of the molecule is Cc1cc([N+](=O)[O-])ccc1C(=O)Nc1nccnc1Cl. The van der Waals surface area contributed by atoms with E-state index in [1.54, 1.807) is 6.92 Å². The normalized spacial score (nSPS) is 10.1. The van der Waals surface area contributed by atoms with Gasteiger partial charge in [-0.05, 0) is 18.6 Å². The Hall–Kier alpha value is -2.54. The lowest BCUT2D eigenvalue weighted by Crippen LogP contribution is -2.15. The van der Waals surface area contributed by atoms with E-state index in [0.717, 1.165) is 0 Å². The minimum atomic E-state index is -0.520. The Morgan fingerprint density at radius 3 is 2.65 bits per heavy atom. The highest BCUT2D eigenvalue weighted by Gasteiger charge is 2.15. The topological polar surface area (TPSA) is 98.0 Å². The summed E-state index contributed by atoms with van der Waals surface area (Å²) in [5, 5.41) is 13.2. The van der Waals surface area contributed by atoms with Gasteiger partial charge < -0.3 is 5.32 Å². The number of benzene rings is 1. The third-order valence-corrected chi connectivity index (χ3v) is 2.83. The summed E-state index contributed by atoms with van der Waals surface area (Å²) >= 11 is 5.78. The largest absolute Gasteiger partial charge is 0.304 e. The fourth-order valence-electron chi connectivity index (χ4n) is 1.60. The number of aryl methyl sites for hydroxylation is 1. The number of nitrogens with one attached hydrogen (secondary N) is 1. The molecule has 0 atom stereocenters. The number of nitrogens with zero attached hydrogens (tertiary/aromatic N) is 3. The highest BCUT2D eigenvalue weighted by Crippen LogP contribution is 2.20. The molecule has 1 heterocycles. The number of halogens is 1. The average molecular weight is 293 g/mol. The number of hydrogen-bond donors (Lipinski definition) is 1. The highest BCUT2D eigenvalue weighted by atomic mass is 35.5. The summed E-state index contributed by atoms with van der Waals surface area (Å²) in [4.78, 5) is 29.8. The minimum Gasteiger partial charge on any atom is -0.304 e. The van der Waals surface area contributed by atoms with Gasteiger partial charge in [0.15, 0.2) is 11.0 Å². The zero-order chi connectivity index (χ0) is 14.7. The molecule has 0 saturated carbocycles. The first kappa shape index (κ1) is 13.9. The third-order valence-electron chi connectivity index (χ3n) is 2.55. The van der Waals surface area contributed by atoms with E-state index in [2.05, 4.69) is 15.3 Å². The maximum absolute atomic E-state index is 12.1. The van der Waals surface area contributed by atoms with Gasteiger partial charge in [-0.25, -0.2) is 9.97 Å². The number of amides is 1. The van der Waals surface area contributed by atoms with Gasteiger partial charge in [0.25, 0.3) is 11.6 Å². The molecule has 2 aromatic rings. The number of aromatic nitrogens is 2. The van der Waals surface area contributed by atoms with E-state index < -0.39 is 10.8 Å². The monoisotopic (exact) mass is 292 g/mol. The Bertz CT molecular complexity index is 690. The van der Waals surface area contributed by atoms with Crippen LogP contribution in [0.5, 0.6) is 0 Å². The predicted octanol–water partition coefficient (Wildman–Crippen LogP) is 2.60. The van der Waals surface area contributed by atoms with Crippen LogP contribution in [0.3, 0.4) is 0 Å². The number of anilines is 1. The molecule has 7 nitrogen and oxygen atoms in total. The van der Waals surface area contributed by atoms with Crippen LogP contribution in [0.4, 0.5) is 11.5 Å². The highest BCUT2D eigenvalue weighted by molar-refractivity contribution is 6.32. The fraction of sp³-hybridized carbons (Fsp3) is 0.0833. The van der Waals surface area contributed by atoms with E-state index in [9.17, 15) is 14.9 Å². The number of non-ortho nitro benzene ring substituents is 1. The smallest absolute Gasteiger partial charge is 0.269 e. The van der Waals surface area contributed by atoms with Crippen LogP contribution >= 0.6 is 11.6 Å². The van der Waals surface area contributed by atoms with Gasteiger partial charge in [-0.2, -0.15) is 0 Å². The van der Waals surface area contributed by atoms with Crippen molar-refractivity contribution in [2.45, 2.75) is 6.92 Å². The van der Waals surface area contributed by atoms with Gasteiger partial charge in [-0.15, -0.1) is 0 Å². The standard InChI is InChI=1S/C12H9ClN4O3/c1-7-6-8(17(19)20)2-3-9(7)12(18)16-11-10(13)14-4-5-15-11/h2-6H,1H3,(H,15,16,18). The van der Waals surface area contributed by atoms with Gasteiger partial charge in [0.05, 0.1) is 4.92 Å². The van der Waals surface area contributed by atoms with Crippen molar-refractivity contribution < 1.29 is 9.72 Å². The lowest BCUT2D eigenvalue weighted by molar-refractivity contribution is -0.384. The van der Waals surface area contributed by atoms with Crippen molar-refractivity contribution in [3.63, 3.8) is 0 Å². The second kappa shape index (κ2) is 5.62. The average Bonchev–Trinajstić information content (AvgIpc) is 2.41. The Labute approximate surface area is 118 Å². The van der Waals surface area contributed by atoms with Gasteiger partial charge in [-0.1, -0.05) is 11.6 Å². The molecule has 0 unspecified atom stereocenters. The summed E-state index contributed by atoms with van der Waals surface area (Å²) in [7, 11) is 0. The maximum atomic E-state index is 12.1. The number of rotatable bonds is 3. The summed E-state index contributed by atoms with van der Waals surface area (Å²) in [5.74, 6) is -0.322. The molecule has 0 spiro atoms. The first-order chi connectivity index (χ1) is 9.49. The number of hydrogen-bond acceptors (Lipinski definition) is 5. The molecule has 0 aliphatic carbocycles. The molecule has 0 fully saturated rings. The molecule has 0 aliphatic rings. The molecule has 1 aromatic carbocycles. The molecule has 20 heavy (non-hydrogen) atoms. The molecule has 0 radical (unpaired) electrons. The van der Waals surface area contributed by atoms with Gasteiger partial charge >= 0.3 is 0 Å². The van der Waals surface area contributed by atoms with E-state index in [4.69, 9.17) is 11.6 Å². The molecule has 102 valence electrons. The van der Waals surface area contributed by atoms with Crippen LogP contribution in [0.1, 0.15) is 15.9 Å². The van der Waals surface area contributed by atoms with E-state index in [-0.39, 0.29) is 16.7 Å². The number of nitro groups is 1. The molecule has 0 saturated heterocycles. The van der Waals surface area contributed by atoms with Crippen molar-refractivity contribution in [2.75, 3.05) is 5.32 Å². The number of nitro benzene ring substituents is 1. The van der Waals surface area contributed by atoms with Crippen molar-refractivity contribution >= 4 is 29.0 Å². The zero-order valence-electron chi connectivity index (χ0n) is 10.3. The Kier molecular flexibility index (Phi) is 3.90. The van der Waals surface area contributed by atoms with Crippen LogP contribution in [0.25, 0.3) is 0 Å². The van der Waals surface area contributed by atoms with Crippen molar-refractivity contribution in [3.8, 4) is 0 Å². The summed E-state index contributed by atoms with van der Waals surface area (Å²) < 4.78 is 0. The second-order valence-corrected chi connectivity index (χ2v) is 4.26. The van der Waals surface area contributed by atoms with E-state index in [0.29, 0.717) is 11.1 Å². The predicted molar refractivity (Wildman–Crippen MR) is 72.8 cm³/mol. The molecule has 1 amide bonds. The molecule has 0 aliphatic heterocycles. The quantitative estimate of drug-likeness (QED) is 0.692. The van der Waals surface area contributed by atoms with Gasteiger partial charge in [0.1, 0.15) is 0 Å². The third kappa shape index (κ3) is 2.89. The summed E-state index contributed by atoms with van der Waals surface area (Å²) in [6, 6.07) is 3.97. The number of carbonyl (C=O) groups is 1. The van der Waals surface area contributed by atoms with Gasteiger partial charge in [0.2, 0.25) is 0 Å². The number of carbonyl (C=O) groups excluding carboxylic acids is 1. The Morgan fingerprint density at radius 2 is 2.05 bits per heavy atom. The van der Waals surface area contributed by atoms with Crippen LogP contribution in [0.15, 0.2) is 30.6 Å². The van der Waals surface area contributed by atoms with E-state index >= 15 is 0 Å². The van der Waals surface area contributed by atoms with E-state index in [1.165, 1.54) is 30.6 Å². The van der Waals surface area contributed by atoms with E-state index in [1.807, 2.05) is 0 Å². The van der Waals surface area contributed by atoms with Crippen LogP contribution in [-0.2, 0) is 0 Å². The fourth-order valence-corrected chi connectivity index (χ4v) is 1.75. The molecule has 1 N–H and O–H groups in total. The molecular weight excluding hydrogens is 284 g/mol. The summed E-state index contributed by atoms with van der Waals surface area (Å²) in [6.07, 6.45) is 2.79. The molecular formula is C12H9ClN4O3. The lowest BCUT2D eigenvalue weighted by atomic mass is 10.1. The van der Waals surface area contributed by atoms with Gasteiger partial charge in [0, 0.05) is 30.1 Å². The summed E-state index contributed by atoms with van der Waals surface area (Å²) in [6.45, 7) is 1.61. The van der Waals surface area contributed by atoms with Crippen LogP contribution in [0, 0.1) is 17.0 Å². The Morgan fingerprint density at radius 1 is 1.35 bits per heavy atom. The van der Waals surface area contributed by atoms with Crippen LogP contribution in [-0.4, -0.2) is 20.8 Å². The first-order valence-electron chi connectivity index (χ1n) is 5.52. The van der Waals surface area contributed by atoms with Gasteiger partial charge in [-0.3, -0.25) is 14.9 Å². The van der Waals surface area contributed by atoms with Crippen LogP contribution in [0.2, 0.25) is 5.15 Å². The second-order valence-electron chi connectivity index (χ2n) is 3.91. The maximum Gasteiger partial charge on any atom is 0.269 e. The zero-order valence-corrected chi connectivity index (χ0v) is 11.1. The minimum absolute atomic E-state index is 0.0698. The van der Waals surface area contributed by atoms with Crippen molar-refractivity contribution in [1.82, 2.24) is 9.97 Å². The molecule has 8 heteroatoms. The summed E-state index contributed by atoms with van der Waals surface area (Å²) in [5.41, 5.74) is 0.714.